The van der Waals surface area contributed by atoms with E-state index in [-0.39, 0.29) is 11.0 Å². The normalized spacial score (nSPS) is 8.78. The Morgan fingerprint density at radius 1 is 1.33 bits per heavy atom. The summed E-state index contributed by atoms with van der Waals surface area (Å²) in [6.45, 7) is 11.2. The zero-order valence-corrected chi connectivity index (χ0v) is 5.85. The lowest BCUT2D eigenvalue weighted by Gasteiger charge is -2.14. The molecule has 0 bridgehead atoms. The topological polar surface area (TPSA) is 3.24 Å². The Balaban J connectivity index is 0. The van der Waals surface area contributed by atoms with Crippen molar-refractivity contribution < 1.29 is 0 Å². The van der Waals surface area contributed by atoms with E-state index in [0.717, 1.165) is 19.6 Å². The Morgan fingerprint density at radius 2 is 1.78 bits per heavy atom. The maximum absolute atomic E-state index is 3.65. The third-order valence-electron chi connectivity index (χ3n) is 1.28. The van der Waals surface area contributed by atoms with E-state index in [1.165, 1.54) is 0 Å². The van der Waals surface area contributed by atoms with Crippen LogP contribution in [0.25, 0.3) is 0 Å². The summed E-state index contributed by atoms with van der Waals surface area (Å²) in [7, 11) is 0. The van der Waals surface area contributed by atoms with Gasteiger partial charge in [0.25, 0.3) is 0 Å². The first-order valence-corrected chi connectivity index (χ1v) is 3.18. The highest BCUT2D eigenvalue weighted by molar-refractivity contribution is 5.75. The summed E-state index contributed by atoms with van der Waals surface area (Å²) < 4.78 is 0. The van der Waals surface area contributed by atoms with Gasteiger partial charge in [0.2, 0.25) is 0 Å². The van der Waals surface area contributed by atoms with Crippen molar-refractivity contribution in [2.45, 2.75) is 13.8 Å². The van der Waals surface area contributed by atoms with Gasteiger partial charge in [-0.15, -0.1) is 6.58 Å². The number of rotatable bonds is 4. The monoisotopic (exact) mass is 145 g/mol. The van der Waals surface area contributed by atoms with Crippen LogP contribution in [0.2, 0.25) is 0 Å². The molecule has 1 nitrogen and oxygen atoms in total. The molecule has 0 saturated carbocycles. The van der Waals surface area contributed by atoms with Crippen LogP contribution in [0.5, 0.6) is 0 Å². The zero-order valence-electron chi connectivity index (χ0n) is 5.85. The van der Waals surface area contributed by atoms with Crippen LogP contribution in [0.4, 0.5) is 0 Å². The van der Waals surface area contributed by atoms with Crippen molar-refractivity contribution in [1.29, 1.82) is 0 Å². The van der Waals surface area contributed by atoms with Crippen LogP contribution < -0.4 is 0 Å². The Bertz CT molecular complexity index is 59.9. The van der Waals surface area contributed by atoms with Crippen LogP contribution in [0, 0.1) is 0 Å². The van der Waals surface area contributed by atoms with Crippen molar-refractivity contribution in [2.75, 3.05) is 19.6 Å². The maximum atomic E-state index is 3.65. The highest BCUT2D eigenvalue weighted by Gasteiger charge is 1.90. The molecule has 0 rings (SSSR count). The molecule has 0 radical (unpaired) electrons. The minimum Gasteiger partial charge on any atom is -0.300 e. The summed E-state index contributed by atoms with van der Waals surface area (Å²) in [6.07, 6.45) is 1.94. The molecule has 0 amide bonds. The smallest absolute Gasteiger partial charge is 0.0160 e. The van der Waals surface area contributed by atoms with Crippen molar-refractivity contribution in [1.82, 2.24) is 4.90 Å². The van der Waals surface area contributed by atoms with Gasteiger partial charge in [0, 0.05) is 6.54 Å². The standard InChI is InChI=1S/C7H15N.H4Si/c1-4-7-8(5-2)6-3;/h4H,1,5-7H2,2-3H3;1H4. The highest BCUT2D eigenvalue weighted by Crippen LogP contribution is 1.84. The molecule has 0 spiro atoms. The van der Waals surface area contributed by atoms with Crippen LogP contribution >= 0.6 is 0 Å². The first kappa shape index (κ1) is 11.7. The van der Waals surface area contributed by atoms with Crippen molar-refractivity contribution in [2.24, 2.45) is 0 Å². The van der Waals surface area contributed by atoms with Gasteiger partial charge in [-0.05, 0) is 24.1 Å². The number of hydrogen-bond acceptors (Lipinski definition) is 1. The summed E-state index contributed by atoms with van der Waals surface area (Å²) in [4.78, 5) is 2.31. The van der Waals surface area contributed by atoms with Gasteiger partial charge in [-0.1, -0.05) is 19.9 Å². The second kappa shape index (κ2) is 7.92. The van der Waals surface area contributed by atoms with Crippen molar-refractivity contribution in [3.63, 3.8) is 0 Å². The summed E-state index contributed by atoms with van der Waals surface area (Å²) in [5.74, 6) is 0. The van der Waals surface area contributed by atoms with Crippen LogP contribution in [-0.4, -0.2) is 35.5 Å². The lowest BCUT2D eigenvalue weighted by Crippen LogP contribution is -2.22. The van der Waals surface area contributed by atoms with Gasteiger partial charge in [-0.2, -0.15) is 0 Å². The van der Waals surface area contributed by atoms with Gasteiger partial charge < -0.3 is 4.90 Å². The molecule has 9 heavy (non-hydrogen) atoms. The lowest BCUT2D eigenvalue weighted by atomic mass is 10.5. The molecule has 0 aromatic heterocycles. The van der Waals surface area contributed by atoms with E-state index in [0.29, 0.717) is 0 Å². The fourth-order valence-electron chi connectivity index (χ4n) is 0.664. The molecule has 0 heterocycles. The molecular formula is C7H19NSi. The van der Waals surface area contributed by atoms with E-state index < -0.39 is 0 Å². The SMILES string of the molecule is C=CCN(CC)CC.[SiH4]. The first-order chi connectivity index (χ1) is 3.85. The fraction of sp³-hybridized carbons (Fsp3) is 0.714. The minimum atomic E-state index is 0. The van der Waals surface area contributed by atoms with E-state index in [9.17, 15) is 0 Å². The molecule has 0 aromatic carbocycles. The quantitative estimate of drug-likeness (QED) is 0.399. The average molecular weight is 145 g/mol. The van der Waals surface area contributed by atoms with Gasteiger partial charge >= 0.3 is 0 Å². The number of likely N-dealkylation sites (N-methyl/N-ethyl adjacent to an activating group) is 1. The fourth-order valence-corrected chi connectivity index (χ4v) is 0.664. The van der Waals surface area contributed by atoms with Gasteiger partial charge in [0.05, 0.1) is 0 Å². The predicted molar refractivity (Wildman–Crippen MR) is 49.3 cm³/mol. The molecule has 2 heteroatoms. The van der Waals surface area contributed by atoms with Crippen molar-refractivity contribution in [3.05, 3.63) is 12.7 Å². The van der Waals surface area contributed by atoms with Crippen molar-refractivity contribution >= 4 is 11.0 Å². The summed E-state index contributed by atoms with van der Waals surface area (Å²) >= 11 is 0. The molecule has 0 aliphatic heterocycles. The maximum Gasteiger partial charge on any atom is 0.0160 e. The summed E-state index contributed by atoms with van der Waals surface area (Å²) in [6, 6.07) is 0. The molecule has 0 N–H and O–H groups in total. The highest BCUT2D eigenvalue weighted by atomic mass is 28.1. The van der Waals surface area contributed by atoms with Gasteiger partial charge in [0.1, 0.15) is 0 Å². The Labute approximate surface area is 62.8 Å². The largest absolute Gasteiger partial charge is 0.300 e. The second-order valence-corrected chi connectivity index (χ2v) is 1.77. The van der Waals surface area contributed by atoms with E-state index >= 15 is 0 Å². The summed E-state index contributed by atoms with van der Waals surface area (Å²) in [5.41, 5.74) is 0. The average Bonchev–Trinajstić information content (AvgIpc) is 1.83. The molecule has 0 unspecified atom stereocenters. The van der Waals surface area contributed by atoms with Crippen LogP contribution in [-0.2, 0) is 0 Å². The lowest BCUT2D eigenvalue weighted by molar-refractivity contribution is 0.337. The van der Waals surface area contributed by atoms with Crippen LogP contribution in [0.3, 0.4) is 0 Å². The molecule has 0 saturated heterocycles. The molecule has 56 valence electrons. The van der Waals surface area contributed by atoms with Crippen molar-refractivity contribution in [3.8, 4) is 0 Å². The molecule has 0 aliphatic rings. The van der Waals surface area contributed by atoms with E-state index in [2.05, 4.69) is 25.3 Å². The molecule has 0 fully saturated rings. The van der Waals surface area contributed by atoms with Crippen LogP contribution in [0.1, 0.15) is 13.8 Å². The van der Waals surface area contributed by atoms with Gasteiger partial charge in [-0.25, -0.2) is 0 Å². The van der Waals surface area contributed by atoms with Crippen LogP contribution in [0.15, 0.2) is 12.7 Å². The predicted octanol–water partition coefficient (Wildman–Crippen LogP) is 0.0626. The molecule has 0 aliphatic carbocycles. The third-order valence-corrected chi connectivity index (χ3v) is 1.28. The molecule has 0 aromatic rings. The third kappa shape index (κ3) is 5.79. The van der Waals surface area contributed by atoms with E-state index in [4.69, 9.17) is 0 Å². The van der Waals surface area contributed by atoms with Gasteiger partial charge in [-0.3, -0.25) is 0 Å². The Morgan fingerprint density at radius 3 is 1.89 bits per heavy atom. The summed E-state index contributed by atoms with van der Waals surface area (Å²) in [5, 5.41) is 0. The zero-order chi connectivity index (χ0) is 6.41. The molecule has 0 atom stereocenters. The number of hydrogen-bond donors (Lipinski definition) is 0. The molecular weight excluding hydrogens is 126 g/mol. The second-order valence-electron chi connectivity index (χ2n) is 1.77. The van der Waals surface area contributed by atoms with Gasteiger partial charge in [0.15, 0.2) is 0 Å². The van der Waals surface area contributed by atoms with E-state index in [1.54, 1.807) is 0 Å². The Kier molecular flexibility index (Phi) is 10.3. The van der Waals surface area contributed by atoms with E-state index in [1.807, 2.05) is 6.08 Å². The Hall–Kier alpha value is -0.0831. The first-order valence-electron chi connectivity index (χ1n) is 3.18. The minimum absolute atomic E-state index is 0. The number of nitrogens with zero attached hydrogens (tertiary/aromatic N) is 1.